The van der Waals surface area contributed by atoms with Gasteiger partial charge in [0.05, 0.1) is 17.8 Å². The fourth-order valence-electron chi connectivity index (χ4n) is 3.31. The van der Waals surface area contributed by atoms with Gasteiger partial charge in [0.1, 0.15) is 6.04 Å². The van der Waals surface area contributed by atoms with Gasteiger partial charge >= 0.3 is 29.6 Å². The molecule has 2 N–H and O–H groups in total. The molecule has 0 unspecified atom stereocenters. The molecule has 14 nitrogen and oxygen atoms in total. The van der Waals surface area contributed by atoms with Gasteiger partial charge in [-0.3, -0.25) is 28.5 Å². The zero-order chi connectivity index (χ0) is 30.5. The first kappa shape index (κ1) is 32.6. The number of ether oxygens (including phenoxy) is 5. The van der Waals surface area contributed by atoms with Crippen molar-refractivity contribution >= 4 is 23.9 Å². The summed E-state index contributed by atoms with van der Waals surface area (Å²) in [7, 11) is 0. The Morgan fingerprint density at radius 2 is 1.48 bits per heavy atom. The molecule has 0 saturated carbocycles. The van der Waals surface area contributed by atoms with E-state index in [0.29, 0.717) is 9.13 Å². The number of rotatable bonds is 11. The summed E-state index contributed by atoms with van der Waals surface area (Å²) in [5.74, 6) is -8.63. The molecule has 0 bridgehead atoms. The Hall–Kier alpha value is -3.59. The maximum absolute atomic E-state index is 16.5. The SMILES string of the molecule is CC(C)C(=O)OC[C@@]1(F)O[C@@H](n2ccc(=O)n(COC(=O)[C@H](C)N)c2=O)[C@H](OC(=O)C(C)C)[C@@H]1OC(=O)C(C)C. The van der Waals surface area contributed by atoms with Crippen molar-refractivity contribution in [3.05, 3.63) is 33.1 Å². The van der Waals surface area contributed by atoms with Gasteiger partial charge in [0.25, 0.3) is 11.4 Å². The highest BCUT2D eigenvalue weighted by Crippen LogP contribution is 2.42. The van der Waals surface area contributed by atoms with Crippen LogP contribution in [0, 0.1) is 17.8 Å². The minimum Gasteiger partial charge on any atom is -0.459 e. The average molecular weight is 574 g/mol. The summed E-state index contributed by atoms with van der Waals surface area (Å²) >= 11 is 0. The smallest absolute Gasteiger partial charge is 0.336 e. The molecule has 0 spiro atoms. The quantitative estimate of drug-likeness (QED) is 0.284. The zero-order valence-corrected chi connectivity index (χ0v) is 23.5. The number of hydrogen-bond donors (Lipinski definition) is 1. The highest BCUT2D eigenvalue weighted by molar-refractivity contribution is 5.75. The molecular formula is C25H36FN3O11. The van der Waals surface area contributed by atoms with Crippen LogP contribution in [0.15, 0.2) is 21.9 Å². The molecule has 0 radical (unpaired) electrons. The average Bonchev–Trinajstić information content (AvgIpc) is 3.12. The van der Waals surface area contributed by atoms with Gasteiger partial charge in [0.2, 0.25) is 6.10 Å². The van der Waals surface area contributed by atoms with E-state index in [1.54, 1.807) is 0 Å². The van der Waals surface area contributed by atoms with E-state index in [0.717, 1.165) is 12.3 Å². The topological polar surface area (TPSA) is 184 Å². The van der Waals surface area contributed by atoms with Crippen molar-refractivity contribution in [2.45, 2.75) is 85.5 Å². The van der Waals surface area contributed by atoms with E-state index in [1.807, 2.05) is 0 Å². The number of carbonyl (C=O) groups excluding carboxylic acids is 4. The molecule has 40 heavy (non-hydrogen) atoms. The third-order valence-corrected chi connectivity index (χ3v) is 5.72. The van der Waals surface area contributed by atoms with Gasteiger partial charge in [0, 0.05) is 12.3 Å². The van der Waals surface area contributed by atoms with E-state index in [4.69, 9.17) is 29.4 Å². The number of hydrogen-bond acceptors (Lipinski definition) is 12. The number of alkyl halides is 1. The van der Waals surface area contributed by atoms with Crippen LogP contribution in [0.25, 0.3) is 0 Å². The standard InChI is InChI=1S/C25H36FN3O11/c1-12(2)20(31)36-10-25(26)18(39-22(33)14(5)6)17(38-21(32)13(3)4)19(40-25)28-9-8-16(30)29(24(28)35)11-37-23(34)15(7)27/h8-9,12-15,17-19H,10-11,27H2,1-7H3/t15-,17+,18-,19+,25+/m0/s1. The van der Waals surface area contributed by atoms with Crippen LogP contribution < -0.4 is 17.0 Å². The van der Waals surface area contributed by atoms with Gasteiger partial charge < -0.3 is 29.4 Å². The molecule has 0 amide bonds. The molecule has 5 atom stereocenters. The molecule has 15 heteroatoms. The minimum atomic E-state index is -3.08. The monoisotopic (exact) mass is 573 g/mol. The zero-order valence-electron chi connectivity index (χ0n) is 23.5. The fourth-order valence-corrected chi connectivity index (χ4v) is 3.31. The maximum atomic E-state index is 16.5. The van der Waals surface area contributed by atoms with Crippen LogP contribution in [0.3, 0.4) is 0 Å². The third kappa shape index (κ3) is 7.53. The van der Waals surface area contributed by atoms with Gasteiger partial charge in [-0.05, 0) is 6.92 Å². The summed E-state index contributed by atoms with van der Waals surface area (Å²) in [6.45, 7) is 8.39. The van der Waals surface area contributed by atoms with Gasteiger partial charge in [-0.1, -0.05) is 41.5 Å². The number of nitrogens with zero attached hydrogens (tertiary/aromatic N) is 2. The summed E-state index contributed by atoms with van der Waals surface area (Å²) in [4.78, 5) is 74.7. The Morgan fingerprint density at radius 3 is 2.00 bits per heavy atom. The molecule has 2 heterocycles. The van der Waals surface area contributed by atoms with Crippen molar-refractivity contribution in [1.29, 1.82) is 0 Å². The van der Waals surface area contributed by atoms with Crippen molar-refractivity contribution in [3.63, 3.8) is 0 Å². The summed E-state index contributed by atoms with van der Waals surface area (Å²) in [5.41, 5.74) is 3.41. The van der Waals surface area contributed by atoms with Crippen molar-refractivity contribution in [3.8, 4) is 0 Å². The lowest BCUT2D eigenvalue weighted by Gasteiger charge is -2.28. The summed E-state index contributed by atoms with van der Waals surface area (Å²) in [6.07, 6.45) is -4.62. The first-order valence-corrected chi connectivity index (χ1v) is 12.7. The predicted octanol–water partition coefficient (Wildman–Crippen LogP) is 0.387. The van der Waals surface area contributed by atoms with Crippen LogP contribution in [-0.4, -0.2) is 63.7 Å². The lowest BCUT2D eigenvalue weighted by Crippen LogP contribution is -2.49. The van der Waals surface area contributed by atoms with Gasteiger partial charge in [-0.25, -0.2) is 13.8 Å². The van der Waals surface area contributed by atoms with Crippen LogP contribution in [0.4, 0.5) is 4.39 Å². The number of aromatic nitrogens is 2. The largest absolute Gasteiger partial charge is 0.459 e. The van der Waals surface area contributed by atoms with E-state index in [1.165, 1.54) is 48.5 Å². The second-order valence-electron chi connectivity index (χ2n) is 10.3. The molecule has 1 aliphatic rings. The first-order valence-electron chi connectivity index (χ1n) is 12.7. The Balaban J connectivity index is 2.64. The third-order valence-electron chi connectivity index (χ3n) is 5.72. The molecule has 1 aromatic heterocycles. The summed E-state index contributed by atoms with van der Waals surface area (Å²) < 4.78 is 43.9. The van der Waals surface area contributed by atoms with E-state index in [-0.39, 0.29) is 0 Å². The number of nitrogens with two attached hydrogens (primary N) is 1. The lowest BCUT2D eigenvalue weighted by molar-refractivity contribution is -0.226. The Kier molecular flexibility index (Phi) is 10.7. The number of halogens is 1. The van der Waals surface area contributed by atoms with Crippen molar-refractivity contribution in [2.75, 3.05) is 6.61 Å². The van der Waals surface area contributed by atoms with Crippen LogP contribution in [0.2, 0.25) is 0 Å². The molecule has 1 aromatic rings. The predicted molar refractivity (Wildman–Crippen MR) is 134 cm³/mol. The molecule has 1 aliphatic heterocycles. The second-order valence-corrected chi connectivity index (χ2v) is 10.3. The number of esters is 4. The molecule has 1 saturated heterocycles. The number of carbonyl (C=O) groups is 4. The normalized spacial score (nSPS) is 23.2. The van der Waals surface area contributed by atoms with Crippen LogP contribution in [0.1, 0.15) is 54.7 Å². The maximum Gasteiger partial charge on any atom is 0.336 e. The molecular weight excluding hydrogens is 537 g/mol. The lowest BCUT2D eigenvalue weighted by atomic mass is 10.1. The second kappa shape index (κ2) is 13.2. The molecule has 0 aliphatic carbocycles. The van der Waals surface area contributed by atoms with E-state index in [2.05, 4.69) is 0 Å². The van der Waals surface area contributed by atoms with Gasteiger partial charge in [-0.15, -0.1) is 0 Å². The van der Waals surface area contributed by atoms with E-state index < -0.39 is 96.6 Å². The first-order chi connectivity index (χ1) is 18.5. The summed E-state index contributed by atoms with van der Waals surface area (Å²) in [5, 5.41) is 0. The van der Waals surface area contributed by atoms with E-state index >= 15 is 4.39 Å². The molecule has 1 fully saturated rings. The van der Waals surface area contributed by atoms with Crippen molar-refractivity contribution in [1.82, 2.24) is 9.13 Å². The van der Waals surface area contributed by atoms with Crippen molar-refractivity contribution in [2.24, 2.45) is 23.5 Å². The molecule has 0 aromatic carbocycles. The van der Waals surface area contributed by atoms with Crippen LogP contribution in [0.5, 0.6) is 0 Å². The van der Waals surface area contributed by atoms with E-state index in [9.17, 15) is 28.8 Å². The van der Waals surface area contributed by atoms with Crippen molar-refractivity contribution < 1.29 is 47.3 Å². The minimum absolute atomic E-state index is 0.497. The molecule has 2 rings (SSSR count). The van der Waals surface area contributed by atoms with Crippen LogP contribution >= 0.6 is 0 Å². The Morgan fingerprint density at radius 1 is 0.925 bits per heavy atom. The highest BCUT2D eigenvalue weighted by Gasteiger charge is 2.62. The fraction of sp³-hybridized carbons (Fsp3) is 0.680. The van der Waals surface area contributed by atoms with Gasteiger partial charge in [-0.2, -0.15) is 0 Å². The van der Waals surface area contributed by atoms with Crippen LogP contribution in [-0.2, 0) is 49.6 Å². The molecule has 224 valence electrons. The Bertz CT molecular complexity index is 1220. The summed E-state index contributed by atoms with van der Waals surface area (Å²) in [6, 6.07) is -0.144. The highest BCUT2D eigenvalue weighted by atomic mass is 19.2. The Labute approximate surface area is 229 Å². The van der Waals surface area contributed by atoms with Gasteiger partial charge in [0.15, 0.2) is 25.7 Å².